The number of amides is 2. The molecule has 3 atom stereocenters. The molecule has 11 heteroatoms. The van der Waals surface area contributed by atoms with Gasteiger partial charge in [-0.3, -0.25) is 19.2 Å². The van der Waals surface area contributed by atoms with E-state index in [4.69, 9.17) is 14.2 Å². The molecule has 45 heavy (non-hydrogen) atoms. The Morgan fingerprint density at radius 3 is 2.33 bits per heavy atom. The molecule has 1 aliphatic rings. The summed E-state index contributed by atoms with van der Waals surface area (Å²) in [4.78, 5) is 50.7. The monoisotopic (exact) mass is 625 g/mol. The number of unbranched alkanes of at least 4 members (excludes halogenated alkanes) is 2. The lowest BCUT2D eigenvalue weighted by atomic mass is 9.95. The van der Waals surface area contributed by atoms with Crippen molar-refractivity contribution in [1.29, 1.82) is 0 Å². The van der Waals surface area contributed by atoms with Crippen LogP contribution in [0.5, 0.6) is 17.2 Å². The van der Waals surface area contributed by atoms with E-state index < -0.39 is 12.1 Å². The Balaban J connectivity index is 2.02. The average Bonchev–Trinajstić information content (AvgIpc) is 3.27. The zero-order valence-corrected chi connectivity index (χ0v) is 27.5. The fourth-order valence-electron chi connectivity index (χ4n) is 5.69. The summed E-state index contributed by atoms with van der Waals surface area (Å²) < 4.78 is 21.8. The Hall–Kier alpha value is -4.28. The third-order valence-corrected chi connectivity index (χ3v) is 8.31. The minimum absolute atomic E-state index is 0.0725. The van der Waals surface area contributed by atoms with E-state index in [1.54, 1.807) is 20.3 Å². The maximum atomic E-state index is 13.8. The first-order valence-corrected chi connectivity index (χ1v) is 15.5. The SMILES string of the molecule is CCC(C)C(Nc1ccc2c(cc1=O)C(NC(C)=O)CCc1cc(OC)c(OC)c(OC)c1-2)C(=O)NCCCCCC(=O)OC. The fourth-order valence-corrected chi connectivity index (χ4v) is 5.69. The summed E-state index contributed by atoms with van der Waals surface area (Å²) in [5.41, 5.74) is 2.99. The molecule has 0 aromatic heterocycles. The third kappa shape index (κ3) is 8.67. The lowest BCUT2D eigenvalue weighted by Gasteiger charge is -2.24. The average molecular weight is 626 g/mol. The normalized spacial score (nSPS) is 14.9. The summed E-state index contributed by atoms with van der Waals surface area (Å²) >= 11 is 0. The van der Waals surface area contributed by atoms with Gasteiger partial charge in [0.25, 0.3) is 0 Å². The summed E-state index contributed by atoms with van der Waals surface area (Å²) in [5.74, 6) is 0.676. The van der Waals surface area contributed by atoms with Crippen LogP contribution in [0.4, 0.5) is 5.69 Å². The first kappa shape index (κ1) is 35.2. The fraction of sp³-hybridized carbons (Fsp3) is 0.529. The predicted molar refractivity (Wildman–Crippen MR) is 173 cm³/mol. The standard InChI is InChI=1S/C34H47N3O8/c1-8-20(2)31(34(41)35-17-11-9-10-12-29(40)43-5)37-26-16-14-23-24(19-27(26)39)25(36-21(3)38)15-13-22-18-28(42-4)32(44-6)33(45-7)30(22)23/h14,16,18-20,25,31H,8-13,15,17H2,1-7H3,(H,35,41)(H,36,38)(H,37,39). The van der Waals surface area contributed by atoms with E-state index in [1.165, 1.54) is 27.2 Å². The maximum absolute atomic E-state index is 13.8. The van der Waals surface area contributed by atoms with E-state index in [0.29, 0.717) is 67.0 Å². The lowest BCUT2D eigenvalue weighted by molar-refractivity contribution is -0.140. The summed E-state index contributed by atoms with van der Waals surface area (Å²) in [6, 6.07) is 5.87. The van der Waals surface area contributed by atoms with Crippen LogP contribution in [-0.4, -0.2) is 58.8 Å². The van der Waals surface area contributed by atoms with Crippen molar-refractivity contribution in [3.05, 3.63) is 45.6 Å². The second kappa shape index (κ2) is 16.7. The van der Waals surface area contributed by atoms with E-state index in [-0.39, 0.29) is 34.8 Å². The molecular weight excluding hydrogens is 578 g/mol. The summed E-state index contributed by atoms with van der Waals surface area (Å²) in [5, 5.41) is 9.22. The highest BCUT2D eigenvalue weighted by Crippen LogP contribution is 2.50. The molecule has 3 rings (SSSR count). The van der Waals surface area contributed by atoms with Crippen LogP contribution in [0, 0.1) is 5.92 Å². The number of rotatable bonds is 15. The van der Waals surface area contributed by atoms with Crippen LogP contribution < -0.4 is 35.6 Å². The van der Waals surface area contributed by atoms with E-state index >= 15 is 0 Å². The highest BCUT2D eigenvalue weighted by Gasteiger charge is 2.30. The molecule has 2 aromatic carbocycles. The van der Waals surface area contributed by atoms with Crippen LogP contribution >= 0.6 is 0 Å². The first-order valence-electron chi connectivity index (χ1n) is 15.5. The van der Waals surface area contributed by atoms with Gasteiger partial charge in [-0.05, 0) is 66.5 Å². The zero-order valence-electron chi connectivity index (χ0n) is 27.5. The Morgan fingerprint density at radius 1 is 0.978 bits per heavy atom. The Kier molecular flexibility index (Phi) is 13.1. The molecule has 0 saturated heterocycles. The molecule has 11 nitrogen and oxygen atoms in total. The minimum atomic E-state index is -0.655. The second-order valence-electron chi connectivity index (χ2n) is 11.3. The van der Waals surface area contributed by atoms with Crippen molar-refractivity contribution in [2.45, 2.75) is 77.8 Å². The topological polar surface area (TPSA) is 141 Å². The molecule has 0 spiro atoms. The number of benzene rings is 1. The largest absolute Gasteiger partial charge is 0.493 e. The molecule has 2 amide bonds. The number of methoxy groups -OCH3 is 4. The molecule has 2 aromatic rings. The van der Waals surface area contributed by atoms with Gasteiger partial charge in [-0.15, -0.1) is 0 Å². The van der Waals surface area contributed by atoms with E-state index in [0.717, 1.165) is 24.0 Å². The van der Waals surface area contributed by atoms with Gasteiger partial charge in [-0.2, -0.15) is 0 Å². The molecule has 0 radical (unpaired) electrons. The predicted octanol–water partition coefficient (Wildman–Crippen LogP) is 4.54. The molecule has 0 aliphatic heterocycles. The molecule has 3 N–H and O–H groups in total. The van der Waals surface area contributed by atoms with Crippen molar-refractivity contribution >= 4 is 23.5 Å². The molecule has 0 heterocycles. The number of ether oxygens (including phenoxy) is 4. The highest BCUT2D eigenvalue weighted by molar-refractivity contribution is 5.86. The number of hydrogen-bond acceptors (Lipinski definition) is 9. The van der Waals surface area contributed by atoms with Crippen molar-refractivity contribution in [3.63, 3.8) is 0 Å². The molecular formula is C34H47N3O8. The molecule has 0 fully saturated rings. The third-order valence-electron chi connectivity index (χ3n) is 8.31. The quantitative estimate of drug-likeness (QED) is 0.192. The number of carbonyl (C=O) groups is 3. The highest BCUT2D eigenvalue weighted by atomic mass is 16.5. The van der Waals surface area contributed by atoms with E-state index in [1.807, 2.05) is 26.0 Å². The number of aryl methyl sites for hydroxylation is 1. The van der Waals surface area contributed by atoms with Crippen molar-refractivity contribution < 1.29 is 33.3 Å². The Morgan fingerprint density at radius 2 is 1.71 bits per heavy atom. The van der Waals surface area contributed by atoms with Gasteiger partial charge < -0.3 is 34.9 Å². The van der Waals surface area contributed by atoms with Gasteiger partial charge in [0.1, 0.15) is 6.04 Å². The summed E-state index contributed by atoms with van der Waals surface area (Å²) in [6.07, 6.45) is 4.38. The van der Waals surface area contributed by atoms with E-state index in [2.05, 4.69) is 20.7 Å². The summed E-state index contributed by atoms with van der Waals surface area (Å²) in [7, 11) is 6.02. The molecule has 246 valence electrons. The Bertz CT molecular complexity index is 1430. The number of fused-ring (bicyclic) bond motifs is 3. The van der Waals surface area contributed by atoms with Crippen LogP contribution in [0.3, 0.4) is 0 Å². The second-order valence-corrected chi connectivity index (χ2v) is 11.3. The number of carbonyl (C=O) groups excluding carboxylic acids is 3. The smallest absolute Gasteiger partial charge is 0.305 e. The van der Waals surface area contributed by atoms with Crippen LogP contribution in [0.1, 0.15) is 76.5 Å². The van der Waals surface area contributed by atoms with Gasteiger partial charge >= 0.3 is 5.97 Å². The van der Waals surface area contributed by atoms with Gasteiger partial charge in [0.2, 0.25) is 23.0 Å². The number of hydrogen-bond donors (Lipinski definition) is 3. The Labute approximate surface area is 265 Å². The lowest BCUT2D eigenvalue weighted by Crippen LogP contribution is -2.44. The zero-order chi connectivity index (χ0) is 33.1. The molecule has 3 unspecified atom stereocenters. The molecule has 0 saturated carbocycles. The van der Waals surface area contributed by atoms with Crippen LogP contribution in [0.25, 0.3) is 11.1 Å². The minimum Gasteiger partial charge on any atom is -0.493 e. The van der Waals surface area contributed by atoms with Gasteiger partial charge in [0, 0.05) is 25.5 Å². The maximum Gasteiger partial charge on any atom is 0.305 e. The van der Waals surface area contributed by atoms with Gasteiger partial charge in [-0.1, -0.05) is 32.8 Å². The van der Waals surface area contributed by atoms with Crippen molar-refractivity contribution in [2.75, 3.05) is 40.3 Å². The van der Waals surface area contributed by atoms with Gasteiger partial charge in [0.15, 0.2) is 11.5 Å². The first-order chi connectivity index (χ1) is 21.6. The van der Waals surface area contributed by atoms with Crippen molar-refractivity contribution in [3.8, 4) is 28.4 Å². The van der Waals surface area contributed by atoms with E-state index in [9.17, 15) is 19.2 Å². The van der Waals surface area contributed by atoms with Gasteiger partial charge in [0.05, 0.1) is 40.2 Å². The number of nitrogens with one attached hydrogen (secondary N) is 3. The van der Waals surface area contributed by atoms with Crippen LogP contribution in [-0.2, 0) is 25.5 Å². The van der Waals surface area contributed by atoms with Crippen molar-refractivity contribution in [2.24, 2.45) is 5.92 Å². The molecule has 1 aliphatic carbocycles. The number of esters is 1. The van der Waals surface area contributed by atoms with Gasteiger partial charge in [-0.25, -0.2) is 0 Å². The number of anilines is 1. The van der Waals surface area contributed by atoms with Crippen LogP contribution in [0.2, 0.25) is 0 Å². The van der Waals surface area contributed by atoms with Crippen LogP contribution in [0.15, 0.2) is 29.1 Å². The summed E-state index contributed by atoms with van der Waals surface area (Å²) in [6.45, 7) is 5.86. The molecule has 0 bridgehead atoms. The van der Waals surface area contributed by atoms with Crippen molar-refractivity contribution in [1.82, 2.24) is 10.6 Å².